The van der Waals surface area contributed by atoms with Gasteiger partial charge in [0.2, 0.25) is 0 Å². The van der Waals surface area contributed by atoms with Gasteiger partial charge in [0.15, 0.2) is 6.29 Å². The van der Waals surface area contributed by atoms with Gasteiger partial charge in [0.1, 0.15) is 5.76 Å². The molecule has 21 heavy (non-hydrogen) atoms. The number of carbonyl (C=O) groups excluding carboxylic acids is 1. The van der Waals surface area contributed by atoms with Gasteiger partial charge >= 0.3 is 5.97 Å². The van der Waals surface area contributed by atoms with Gasteiger partial charge in [-0.15, -0.1) is 0 Å². The molecule has 1 heterocycles. The Morgan fingerprint density at radius 1 is 1.24 bits per heavy atom. The van der Waals surface area contributed by atoms with Gasteiger partial charge in [0.05, 0.1) is 19.3 Å². The zero-order valence-corrected chi connectivity index (χ0v) is 13.9. The summed E-state index contributed by atoms with van der Waals surface area (Å²) in [6, 6.07) is 0. The normalized spacial score (nSPS) is 22.1. The Hall–Kier alpha value is -1.03. The van der Waals surface area contributed by atoms with E-state index >= 15 is 0 Å². The van der Waals surface area contributed by atoms with Gasteiger partial charge in [-0.2, -0.15) is 0 Å². The fourth-order valence-corrected chi connectivity index (χ4v) is 2.73. The van der Waals surface area contributed by atoms with Crippen molar-refractivity contribution in [2.24, 2.45) is 5.92 Å². The first kappa shape index (κ1) is 18.0. The fraction of sp³-hybridized carbons (Fsp3) is 0.824. The maximum absolute atomic E-state index is 12.0. The third-order valence-corrected chi connectivity index (χ3v) is 3.94. The molecule has 0 fully saturated rings. The van der Waals surface area contributed by atoms with Crippen LogP contribution in [0.3, 0.4) is 0 Å². The molecule has 0 saturated heterocycles. The van der Waals surface area contributed by atoms with Gasteiger partial charge < -0.3 is 14.2 Å². The van der Waals surface area contributed by atoms with Crippen LogP contribution >= 0.6 is 0 Å². The first-order valence-electron chi connectivity index (χ1n) is 8.21. The van der Waals surface area contributed by atoms with Crippen LogP contribution in [0.5, 0.6) is 0 Å². The van der Waals surface area contributed by atoms with Crippen LogP contribution in [-0.2, 0) is 19.0 Å². The minimum atomic E-state index is -0.263. The van der Waals surface area contributed by atoms with E-state index in [2.05, 4.69) is 13.8 Å². The van der Waals surface area contributed by atoms with E-state index < -0.39 is 0 Å². The average Bonchev–Trinajstić information content (AvgIpc) is 2.47. The van der Waals surface area contributed by atoms with Crippen LogP contribution in [0.15, 0.2) is 11.3 Å². The lowest BCUT2D eigenvalue weighted by Gasteiger charge is -2.32. The van der Waals surface area contributed by atoms with Gasteiger partial charge in [-0.3, -0.25) is 0 Å². The van der Waals surface area contributed by atoms with Gasteiger partial charge in [-0.05, 0) is 19.8 Å². The third-order valence-electron chi connectivity index (χ3n) is 3.94. The summed E-state index contributed by atoms with van der Waals surface area (Å²) < 4.78 is 16.5. The molecule has 122 valence electrons. The van der Waals surface area contributed by atoms with Crippen molar-refractivity contribution in [1.82, 2.24) is 0 Å². The number of carbonyl (C=O) groups is 1. The van der Waals surface area contributed by atoms with E-state index in [0.717, 1.165) is 32.1 Å². The van der Waals surface area contributed by atoms with Crippen molar-refractivity contribution >= 4 is 5.97 Å². The van der Waals surface area contributed by atoms with Crippen LogP contribution in [0.25, 0.3) is 0 Å². The number of unbranched alkanes of at least 4 members (excludes halogenated alkanes) is 3. The fourth-order valence-electron chi connectivity index (χ4n) is 2.73. The molecular weight excluding hydrogens is 268 g/mol. The molecule has 0 radical (unpaired) electrons. The maximum Gasteiger partial charge on any atom is 0.337 e. The minimum absolute atomic E-state index is 0.185. The Morgan fingerprint density at radius 2 is 1.95 bits per heavy atom. The van der Waals surface area contributed by atoms with E-state index in [1.54, 1.807) is 0 Å². The van der Waals surface area contributed by atoms with E-state index in [-0.39, 0.29) is 18.2 Å². The second kappa shape index (κ2) is 9.82. The molecule has 4 heteroatoms. The van der Waals surface area contributed by atoms with Crippen LogP contribution < -0.4 is 0 Å². The van der Waals surface area contributed by atoms with Crippen LogP contribution in [0.2, 0.25) is 0 Å². The molecule has 0 amide bonds. The number of methoxy groups -OCH3 is 1. The first-order valence-corrected chi connectivity index (χ1v) is 8.21. The molecular formula is C17H30O4. The van der Waals surface area contributed by atoms with Crippen molar-refractivity contribution < 1.29 is 19.0 Å². The second-order valence-corrected chi connectivity index (χ2v) is 5.66. The van der Waals surface area contributed by atoms with Crippen molar-refractivity contribution in [3.05, 3.63) is 11.3 Å². The number of rotatable bonds is 9. The van der Waals surface area contributed by atoms with Crippen molar-refractivity contribution in [2.45, 2.75) is 72.0 Å². The van der Waals surface area contributed by atoms with Gasteiger partial charge in [-0.1, -0.05) is 39.5 Å². The largest absolute Gasteiger partial charge is 0.469 e. The third kappa shape index (κ3) is 5.70. The summed E-state index contributed by atoms with van der Waals surface area (Å²) in [5.41, 5.74) is 0.698. The van der Waals surface area contributed by atoms with E-state index in [4.69, 9.17) is 14.2 Å². The monoisotopic (exact) mass is 298 g/mol. The Labute approximate surface area is 128 Å². The highest BCUT2D eigenvalue weighted by molar-refractivity contribution is 5.89. The number of esters is 1. The van der Waals surface area contributed by atoms with Gasteiger partial charge in [0, 0.05) is 12.3 Å². The smallest absolute Gasteiger partial charge is 0.337 e. The van der Waals surface area contributed by atoms with Crippen molar-refractivity contribution in [1.29, 1.82) is 0 Å². The SMILES string of the molecule is CCCCC[C@H]1C[C@H](OCCCC)OC(C)=C1C(=O)OC. The Balaban J connectivity index is 2.71. The summed E-state index contributed by atoms with van der Waals surface area (Å²) in [5, 5.41) is 0. The summed E-state index contributed by atoms with van der Waals surface area (Å²) in [6.07, 6.45) is 7.14. The molecule has 0 spiro atoms. The molecule has 0 aromatic rings. The van der Waals surface area contributed by atoms with Crippen LogP contribution in [-0.4, -0.2) is 26.0 Å². The highest BCUT2D eigenvalue weighted by Crippen LogP contribution is 2.34. The predicted octanol–water partition coefficient (Wildman–Crippen LogP) is 4.19. The molecule has 0 aromatic heterocycles. The van der Waals surface area contributed by atoms with E-state index in [9.17, 15) is 4.79 Å². The summed E-state index contributed by atoms with van der Waals surface area (Å²) in [5.74, 6) is 0.585. The summed E-state index contributed by atoms with van der Waals surface area (Å²) in [4.78, 5) is 12.0. The number of ether oxygens (including phenoxy) is 3. The van der Waals surface area contributed by atoms with Crippen molar-refractivity contribution in [3.8, 4) is 0 Å². The Morgan fingerprint density at radius 3 is 2.57 bits per heavy atom. The standard InChI is InChI=1S/C17H30O4/c1-5-7-9-10-14-12-15(20-11-8-6-2)21-13(3)16(14)17(18)19-4/h14-15H,5-12H2,1-4H3/t14-,15+/m0/s1. The molecule has 1 aliphatic rings. The molecule has 2 atom stereocenters. The molecule has 0 N–H and O–H groups in total. The lowest BCUT2D eigenvalue weighted by Crippen LogP contribution is -2.31. The van der Waals surface area contributed by atoms with Crippen molar-refractivity contribution in [3.63, 3.8) is 0 Å². The predicted molar refractivity (Wildman–Crippen MR) is 82.7 cm³/mol. The molecule has 0 bridgehead atoms. The highest BCUT2D eigenvalue weighted by atomic mass is 16.7. The molecule has 0 unspecified atom stereocenters. The molecule has 1 rings (SSSR count). The zero-order chi connectivity index (χ0) is 15.7. The quantitative estimate of drug-likeness (QED) is 0.473. The summed E-state index contributed by atoms with van der Waals surface area (Å²) >= 11 is 0. The summed E-state index contributed by atoms with van der Waals surface area (Å²) in [6.45, 7) is 6.88. The molecule has 0 saturated carbocycles. The Bertz CT molecular complexity index is 349. The lowest BCUT2D eigenvalue weighted by atomic mass is 9.87. The zero-order valence-electron chi connectivity index (χ0n) is 13.9. The first-order chi connectivity index (χ1) is 10.1. The molecule has 0 aromatic carbocycles. The molecule has 4 nitrogen and oxygen atoms in total. The maximum atomic E-state index is 12.0. The minimum Gasteiger partial charge on any atom is -0.469 e. The van der Waals surface area contributed by atoms with Gasteiger partial charge in [0.25, 0.3) is 0 Å². The Kier molecular flexibility index (Phi) is 8.43. The highest BCUT2D eigenvalue weighted by Gasteiger charge is 2.33. The van der Waals surface area contributed by atoms with Crippen LogP contribution in [0.1, 0.15) is 65.7 Å². The van der Waals surface area contributed by atoms with Gasteiger partial charge in [-0.25, -0.2) is 4.79 Å². The van der Waals surface area contributed by atoms with E-state index in [1.165, 1.54) is 20.0 Å². The molecule has 1 aliphatic heterocycles. The van der Waals surface area contributed by atoms with Crippen molar-refractivity contribution in [2.75, 3.05) is 13.7 Å². The summed E-state index contributed by atoms with van der Waals surface area (Å²) in [7, 11) is 1.43. The number of hydrogen-bond acceptors (Lipinski definition) is 4. The van der Waals surface area contributed by atoms with Crippen LogP contribution in [0.4, 0.5) is 0 Å². The number of hydrogen-bond donors (Lipinski definition) is 0. The van der Waals surface area contributed by atoms with Crippen LogP contribution in [0, 0.1) is 5.92 Å². The molecule has 0 aliphatic carbocycles. The number of allylic oxidation sites excluding steroid dienone is 1. The van der Waals surface area contributed by atoms with E-state index in [0.29, 0.717) is 17.9 Å². The topological polar surface area (TPSA) is 44.8 Å². The van der Waals surface area contributed by atoms with E-state index in [1.807, 2.05) is 6.92 Å². The second-order valence-electron chi connectivity index (χ2n) is 5.66. The average molecular weight is 298 g/mol. The lowest BCUT2D eigenvalue weighted by molar-refractivity contribution is -0.148.